The van der Waals surface area contributed by atoms with E-state index in [1.54, 1.807) is 0 Å². The SMILES string of the molecule is CC=CC1CNC(=O)C1. The summed E-state index contributed by atoms with van der Waals surface area (Å²) in [5.41, 5.74) is 0. The van der Waals surface area contributed by atoms with Crippen molar-refractivity contribution in [1.29, 1.82) is 0 Å². The average molecular weight is 125 g/mol. The fraction of sp³-hybridized carbons (Fsp3) is 0.571. The number of carbonyl (C=O) groups excluding carboxylic acids is 1. The van der Waals surface area contributed by atoms with Gasteiger partial charge in [0, 0.05) is 18.9 Å². The van der Waals surface area contributed by atoms with Crippen molar-refractivity contribution < 1.29 is 4.79 Å². The summed E-state index contributed by atoms with van der Waals surface area (Å²) >= 11 is 0. The Morgan fingerprint density at radius 1 is 1.78 bits per heavy atom. The van der Waals surface area contributed by atoms with Crippen LogP contribution in [0.3, 0.4) is 0 Å². The van der Waals surface area contributed by atoms with E-state index in [4.69, 9.17) is 0 Å². The zero-order chi connectivity index (χ0) is 6.69. The fourth-order valence-corrected chi connectivity index (χ4v) is 1.04. The number of hydrogen-bond donors (Lipinski definition) is 1. The van der Waals surface area contributed by atoms with Crippen molar-refractivity contribution in [2.75, 3.05) is 6.54 Å². The summed E-state index contributed by atoms with van der Waals surface area (Å²) in [5, 5.41) is 2.76. The molecule has 1 saturated heterocycles. The number of allylic oxidation sites excluding steroid dienone is 1. The van der Waals surface area contributed by atoms with E-state index >= 15 is 0 Å². The van der Waals surface area contributed by atoms with E-state index in [0.29, 0.717) is 12.3 Å². The highest BCUT2D eigenvalue weighted by atomic mass is 16.1. The van der Waals surface area contributed by atoms with E-state index < -0.39 is 0 Å². The van der Waals surface area contributed by atoms with Gasteiger partial charge in [0.2, 0.25) is 5.91 Å². The van der Waals surface area contributed by atoms with Gasteiger partial charge in [-0.05, 0) is 6.92 Å². The molecule has 0 spiro atoms. The lowest BCUT2D eigenvalue weighted by Gasteiger charge is -1.94. The predicted octanol–water partition coefficient (Wildman–Crippen LogP) is 0.699. The van der Waals surface area contributed by atoms with Crippen molar-refractivity contribution in [3.05, 3.63) is 12.2 Å². The van der Waals surface area contributed by atoms with Crippen LogP contribution in [0, 0.1) is 5.92 Å². The van der Waals surface area contributed by atoms with Crippen molar-refractivity contribution in [2.45, 2.75) is 13.3 Å². The number of amides is 1. The first-order valence-corrected chi connectivity index (χ1v) is 3.22. The van der Waals surface area contributed by atoms with Crippen LogP contribution in [0.25, 0.3) is 0 Å². The molecular weight excluding hydrogens is 114 g/mol. The molecule has 0 bridgehead atoms. The second-order valence-electron chi connectivity index (χ2n) is 2.29. The highest BCUT2D eigenvalue weighted by Gasteiger charge is 2.17. The van der Waals surface area contributed by atoms with E-state index in [1.165, 1.54) is 0 Å². The maximum atomic E-state index is 10.6. The van der Waals surface area contributed by atoms with Gasteiger partial charge >= 0.3 is 0 Å². The molecule has 0 radical (unpaired) electrons. The Morgan fingerprint density at radius 3 is 3.00 bits per heavy atom. The summed E-state index contributed by atoms with van der Waals surface area (Å²) in [5.74, 6) is 0.626. The van der Waals surface area contributed by atoms with Crippen molar-refractivity contribution in [2.24, 2.45) is 5.92 Å². The minimum absolute atomic E-state index is 0.179. The minimum Gasteiger partial charge on any atom is -0.355 e. The molecule has 50 valence electrons. The molecule has 1 aliphatic heterocycles. The molecule has 0 aromatic heterocycles. The number of nitrogens with one attached hydrogen (secondary N) is 1. The summed E-state index contributed by atoms with van der Waals surface area (Å²) in [6.07, 6.45) is 4.73. The Kier molecular flexibility index (Phi) is 1.88. The standard InChI is InChI=1S/C7H11NO/c1-2-3-6-4-7(9)8-5-6/h2-3,6H,4-5H2,1H3,(H,8,9). The summed E-state index contributed by atoms with van der Waals surface area (Å²) in [6.45, 7) is 2.80. The largest absolute Gasteiger partial charge is 0.355 e. The van der Waals surface area contributed by atoms with Crippen LogP contribution in [0.1, 0.15) is 13.3 Å². The molecule has 1 rings (SSSR count). The molecule has 1 atom stereocenters. The molecule has 0 saturated carbocycles. The third-order valence-corrected chi connectivity index (χ3v) is 1.47. The maximum absolute atomic E-state index is 10.6. The van der Waals surface area contributed by atoms with E-state index in [0.717, 1.165) is 6.54 Å². The maximum Gasteiger partial charge on any atom is 0.220 e. The molecule has 1 heterocycles. The van der Waals surface area contributed by atoms with Crippen molar-refractivity contribution in [1.82, 2.24) is 5.32 Å². The molecule has 2 heteroatoms. The topological polar surface area (TPSA) is 29.1 Å². The molecule has 1 amide bonds. The highest BCUT2D eigenvalue weighted by Crippen LogP contribution is 2.09. The van der Waals surface area contributed by atoms with Gasteiger partial charge in [-0.1, -0.05) is 12.2 Å². The first-order valence-electron chi connectivity index (χ1n) is 3.22. The molecule has 9 heavy (non-hydrogen) atoms. The van der Waals surface area contributed by atoms with Crippen molar-refractivity contribution in [3.8, 4) is 0 Å². The van der Waals surface area contributed by atoms with Gasteiger partial charge in [0.05, 0.1) is 0 Å². The van der Waals surface area contributed by atoms with Gasteiger partial charge < -0.3 is 5.32 Å². The van der Waals surface area contributed by atoms with Gasteiger partial charge in [-0.25, -0.2) is 0 Å². The van der Waals surface area contributed by atoms with Crippen LogP contribution in [0.2, 0.25) is 0 Å². The summed E-state index contributed by atoms with van der Waals surface area (Å²) in [7, 11) is 0. The smallest absolute Gasteiger partial charge is 0.220 e. The second-order valence-corrected chi connectivity index (χ2v) is 2.29. The van der Waals surface area contributed by atoms with Crippen LogP contribution in [0.15, 0.2) is 12.2 Å². The Balaban J connectivity index is 2.39. The molecule has 1 fully saturated rings. The van der Waals surface area contributed by atoms with E-state index in [2.05, 4.69) is 11.4 Å². The van der Waals surface area contributed by atoms with Crippen LogP contribution in [-0.4, -0.2) is 12.5 Å². The Morgan fingerprint density at radius 2 is 2.56 bits per heavy atom. The second kappa shape index (κ2) is 2.67. The predicted molar refractivity (Wildman–Crippen MR) is 35.9 cm³/mol. The van der Waals surface area contributed by atoms with Gasteiger partial charge in [0.25, 0.3) is 0 Å². The first kappa shape index (κ1) is 6.33. The van der Waals surface area contributed by atoms with Gasteiger partial charge in [0.15, 0.2) is 0 Å². The highest BCUT2D eigenvalue weighted by molar-refractivity contribution is 5.78. The number of hydrogen-bond acceptors (Lipinski definition) is 1. The zero-order valence-electron chi connectivity index (χ0n) is 5.55. The van der Waals surface area contributed by atoms with Crippen LogP contribution in [0.5, 0.6) is 0 Å². The van der Waals surface area contributed by atoms with E-state index in [-0.39, 0.29) is 5.91 Å². The fourth-order valence-electron chi connectivity index (χ4n) is 1.04. The quantitative estimate of drug-likeness (QED) is 0.513. The molecule has 1 unspecified atom stereocenters. The van der Waals surface area contributed by atoms with Gasteiger partial charge in [-0.3, -0.25) is 4.79 Å². The van der Waals surface area contributed by atoms with Crippen LogP contribution in [-0.2, 0) is 4.79 Å². The minimum atomic E-state index is 0.179. The third-order valence-electron chi connectivity index (χ3n) is 1.47. The summed E-state index contributed by atoms with van der Waals surface area (Å²) in [4.78, 5) is 10.6. The van der Waals surface area contributed by atoms with E-state index in [1.807, 2.05) is 13.0 Å². The lowest BCUT2D eigenvalue weighted by molar-refractivity contribution is -0.119. The lowest BCUT2D eigenvalue weighted by atomic mass is 10.1. The molecule has 2 nitrogen and oxygen atoms in total. The molecule has 0 aliphatic carbocycles. The Hall–Kier alpha value is -0.790. The third kappa shape index (κ3) is 1.56. The normalized spacial score (nSPS) is 27.2. The molecule has 0 aromatic carbocycles. The zero-order valence-corrected chi connectivity index (χ0v) is 5.55. The number of carbonyl (C=O) groups is 1. The van der Waals surface area contributed by atoms with Crippen molar-refractivity contribution in [3.63, 3.8) is 0 Å². The Bertz CT molecular complexity index is 140. The first-order chi connectivity index (χ1) is 4.33. The van der Waals surface area contributed by atoms with Gasteiger partial charge in [0.1, 0.15) is 0 Å². The number of rotatable bonds is 1. The molecule has 1 N–H and O–H groups in total. The van der Waals surface area contributed by atoms with Crippen LogP contribution < -0.4 is 5.32 Å². The van der Waals surface area contributed by atoms with Crippen LogP contribution >= 0.6 is 0 Å². The van der Waals surface area contributed by atoms with Gasteiger partial charge in [-0.2, -0.15) is 0 Å². The monoisotopic (exact) mass is 125 g/mol. The van der Waals surface area contributed by atoms with E-state index in [9.17, 15) is 4.79 Å². The molecule has 0 aromatic rings. The average Bonchev–Trinajstić information content (AvgIpc) is 2.17. The molecular formula is C7H11NO. The molecule has 1 aliphatic rings. The Labute approximate surface area is 54.9 Å². The van der Waals surface area contributed by atoms with Gasteiger partial charge in [-0.15, -0.1) is 0 Å². The summed E-state index contributed by atoms with van der Waals surface area (Å²) < 4.78 is 0. The van der Waals surface area contributed by atoms with Crippen LogP contribution in [0.4, 0.5) is 0 Å². The van der Waals surface area contributed by atoms with Crippen molar-refractivity contribution >= 4 is 5.91 Å². The summed E-state index contributed by atoms with van der Waals surface area (Å²) in [6, 6.07) is 0. The lowest BCUT2D eigenvalue weighted by Crippen LogP contribution is -2.13.